The largest absolute Gasteiger partial charge is 0.381 e. The maximum atomic E-state index is 12.7. The maximum absolute atomic E-state index is 12.7. The van der Waals surface area contributed by atoms with Crippen LogP contribution in [0.4, 0.5) is 5.69 Å². The van der Waals surface area contributed by atoms with E-state index in [1.54, 1.807) is 17.5 Å². The molecule has 0 radical (unpaired) electrons. The predicted octanol–water partition coefficient (Wildman–Crippen LogP) is 2.71. The molecule has 0 spiro atoms. The lowest BCUT2D eigenvalue weighted by molar-refractivity contribution is -0.122. The number of ether oxygens (including phenoxy) is 1. The van der Waals surface area contributed by atoms with Crippen LogP contribution in [0.25, 0.3) is 0 Å². The van der Waals surface area contributed by atoms with Crippen LogP contribution in [0, 0.1) is 5.92 Å². The van der Waals surface area contributed by atoms with Crippen LogP contribution in [0.2, 0.25) is 0 Å². The Morgan fingerprint density at radius 2 is 2.25 bits per heavy atom. The van der Waals surface area contributed by atoms with Crippen LogP contribution in [0.3, 0.4) is 0 Å². The highest BCUT2D eigenvalue weighted by molar-refractivity contribution is 7.09. The molecule has 0 saturated carbocycles. The van der Waals surface area contributed by atoms with Gasteiger partial charge in [-0.05, 0) is 18.6 Å². The number of thiazole rings is 1. The minimum absolute atomic E-state index is 0.0323. The SMILES string of the molecule is O=C([C@@H]1CCOC1)N(Cc1nccs1)c1ccccc1. The zero-order valence-electron chi connectivity index (χ0n) is 11.1. The van der Waals surface area contributed by atoms with E-state index in [1.165, 1.54) is 0 Å². The number of nitrogens with zero attached hydrogens (tertiary/aromatic N) is 2. The van der Waals surface area contributed by atoms with Crippen LogP contribution in [-0.4, -0.2) is 24.1 Å². The number of hydrogen-bond acceptors (Lipinski definition) is 4. The lowest BCUT2D eigenvalue weighted by Crippen LogP contribution is -2.36. The van der Waals surface area contributed by atoms with Crippen molar-refractivity contribution >= 4 is 22.9 Å². The third-order valence-electron chi connectivity index (χ3n) is 3.39. The number of benzene rings is 1. The number of rotatable bonds is 4. The van der Waals surface area contributed by atoms with Gasteiger partial charge < -0.3 is 9.64 Å². The number of para-hydroxylation sites is 1. The molecule has 3 rings (SSSR count). The van der Waals surface area contributed by atoms with Crippen LogP contribution < -0.4 is 4.90 Å². The van der Waals surface area contributed by atoms with Crippen molar-refractivity contribution in [2.75, 3.05) is 18.1 Å². The van der Waals surface area contributed by atoms with E-state index >= 15 is 0 Å². The number of carbonyl (C=O) groups excluding carboxylic acids is 1. The van der Waals surface area contributed by atoms with Gasteiger partial charge >= 0.3 is 0 Å². The Bertz CT molecular complexity index is 551. The summed E-state index contributed by atoms with van der Waals surface area (Å²) in [6.07, 6.45) is 2.58. The standard InChI is InChI=1S/C15H16N2O2S/c18-15(12-6-8-19-11-12)17(10-14-16-7-9-20-14)13-4-2-1-3-5-13/h1-5,7,9,12H,6,8,10-11H2/t12-/m1/s1. The van der Waals surface area contributed by atoms with Gasteiger partial charge in [0.1, 0.15) is 5.01 Å². The van der Waals surface area contributed by atoms with Gasteiger partial charge in [-0.1, -0.05) is 18.2 Å². The third kappa shape index (κ3) is 2.89. The van der Waals surface area contributed by atoms with Crippen molar-refractivity contribution in [2.24, 2.45) is 5.92 Å². The van der Waals surface area contributed by atoms with Crippen LogP contribution in [0.5, 0.6) is 0 Å². The van der Waals surface area contributed by atoms with Gasteiger partial charge in [-0.2, -0.15) is 0 Å². The summed E-state index contributed by atoms with van der Waals surface area (Å²) in [7, 11) is 0. The molecule has 2 heterocycles. The van der Waals surface area contributed by atoms with E-state index in [9.17, 15) is 4.79 Å². The molecule has 1 aliphatic rings. The molecule has 0 N–H and O–H groups in total. The lowest BCUT2D eigenvalue weighted by atomic mass is 10.1. The Labute approximate surface area is 122 Å². The molecule has 1 aromatic carbocycles. The normalized spacial score (nSPS) is 18.1. The van der Waals surface area contributed by atoms with E-state index in [0.29, 0.717) is 19.8 Å². The molecule has 104 valence electrons. The highest BCUT2D eigenvalue weighted by Crippen LogP contribution is 2.23. The number of anilines is 1. The summed E-state index contributed by atoms with van der Waals surface area (Å²) < 4.78 is 5.34. The molecular weight excluding hydrogens is 272 g/mol. The molecule has 1 aliphatic heterocycles. The number of hydrogen-bond donors (Lipinski definition) is 0. The Morgan fingerprint density at radius 1 is 1.40 bits per heavy atom. The Morgan fingerprint density at radius 3 is 2.90 bits per heavy atom. The number of carbonyl (C=O) groups is 1. The van der Waals surface area contributed by atoms with Crippen molar-refractivity contribution in [3.63, 3.8) is 0 Å². The summed E-state index contributed by atoms with van der Waals surface area (Å²) in [5.74, 6) is 0.0964. The van der Waals surface area contributed by atoms with Gasteiger partial charge in [-0.15, -0.1) is 11.3 Å². The first-order valence-corrected chi connectivity index (χ1v) is 7.55. The van der Waals surface area contributed by atoms with Crippen molar-refractivity contribution < 1.29 is 9.53 Å². The molecule has 0 aliphatic carbocycles. The van der Waals surface area contributed by atoms with Crippen molar-refractivity contribution in [1.29, 1.82) is 0 Å². The smallest absolute Gasteiger partial charge is 0.232 e. The highest BCUT2D eigenvalue weighted by atomic mass is 32.1. The summed E-state index contributed by atoms with van der Waals surface area (Å²) >= 11 is 1.57. The van der Waals surface area contributed by atoms with E-state index < -0.39 is 0 Å². The summed E-state index contributed by atoms with van der Waals surface area (Å²) in [5.41, 5.74) is 0.916. The fraction of sp³-hybridized carbons (Fsp3) is 0.333. The third-order valence-corrected chi connectivity index (χ3v) is 4.15. The maximum Gasteiger partial charge on any atom is 0.232 e. The first-order chi connectivity index (χ1) is 9.84. The lowest BCUT2D eigenvalue weighted by Gasteiger charge is -2.24. The second kappa shape index (κ2) is 6.15. The molecule has 2 aromatic rings. The molecule has 1 saturated heterocycles. The van der Waals surface area contributed by atoms with Gasteiger partial charge in [0.05, 0.1) is 19.1 Å². The zero-order chi connectivity index (χ0) is 13.8. The molecule has 20 heavy (non-hydrogen) atoms. The van der Waals surface area contributed by atoms with Crippen molar-refractivity contribution in [3.05, 3.63) is 46.9 Å². The summed E-state index contributed by atoms with van der Waals surface area (Å²) in [6.45, 7) is 1.73. The average molecular weight is 288 g/mol. The van der Waals surface area contributed by atoms with Crippen LogP contribution in [-0.2, 0) is 16.1 Å². The van der Waals surface area contributed by atoms with Gasteiger partial charge in [-0.25, -0.2) is 4.98 Å². The first-order valence-electron chi connectivity index (χ1n) is 6.67. The van der Waals surface area contributed by atoms with Crippen molar-refractivity contribution in [2.45, 2.75) is 13.0 Å². The van der Waals surface area contributed by atoms with Crippen molar-refractivity contribution in [3.8, 4) is 0 Å². The minimum atomic E-state index is -0.0323. The molecule has 4 nitrogen and oxygen atoms in total. The second-order valence-electron chi connectivity index (χ2n) is 4.75. The number of aromatic nitrogens is 1. The zero-order valence-corrected chi connectivity index (χ0v) is 11.9. The van der Waals surface area contributed by atoms with E-state index in [4.69, 9.17) is 4.74 Å². The molecule has 1 fully saturated rings. The monoisotopic (exact) mass is 288 g/mol. The van der Waals surface area contributed by atoms with Gasteiger partial charge in [0.25, 0.3) is 0 Å². The number of amides is 1. The summed E-state index contributed by atoms with van der Waals surface area (Å²) in [6, 6.07) is 9.77. The fourth-order valence-electron chi connectivity index (χ4n) is 2.32. The molecule has 0 unspecified atom stereocenters. The van der Waals surface area contributed by atoms with E-state index in [-0.39, 0.29) is 11.8 Å². The second-order valence-corrected chi connectivity index (χ2v) is 5.73. The van der Waals surface area contributed by atoms with E-state index in [2.05, 4.69) is 4.98 Å². The van der Waals surface area contributed by atoms with E-state index in [1.807, 2.05) is 40.6 Å². The first kappa shape index (κ1) is 13.3. The van der Waals surface area contributed by atoms with Gasteiger partial charge in [0.2, 0.25) is 5.91 Å². The highest BCUT2D eigenvalue weighted by Gasteiger charge is 2.29. The van der Waals surface area contributed by atoms with Crippen LogP contribution >= 0.6 is 11.3 Å². The Balaban J connectivity index is 1.84. The average Bonchev–Trinajstić information content (AvgIpc) is 3.18. The molecule has 5 heteroatoms. The van der Waals surface area contributed by atoms with Crippen LogP contribution in [0.15, 0.2) is 41.9 Å². The van der Waals surface area contributed by atoms with Gasteiger partial charge in [-0.3, -0.25) is 4.79 Å². The van der Waals surface area contributed by atoms with Gasteiger partial charge in [0, 0.05) is 23.9 Å². The molecule has 1 atom stereocenters. The molecule has 0 bridgehead atoms. The summed E-state index contributed by atoms with van der Waals surface area (Å²) in [5, 5.41) is 2.88. The molecular formula is C15H16N2O2S. The Hall–Kier alpha value is -1.72. The predicted molar refractivity (Wildman–Crippen MR) is 78.7 cm³/mol. The van der Waals surface area contributed by atoms with Gasteiger partial charge in [0.15, 0.2) is 0 Å². The Kier molecular flexibility index (Phi) is 4.08. The quantitative estimate of drug-likeness (QED) is 0.868. The van der Waals surface area contributed by atoms with Crippen molar-refractivity contribution in [1.82, 2.24) is 4.98 Å². The van der Waals surface area contributed by atoms with E-state index in [0.717, 1.165) is 17.1 Å². The minimum Gasteiger partial charge on any atom is -0.381 e. The topological polar surface area (TPSA) is 42.4 Å². The molecule has 1 amide bonds. The summed E-state index contributed by atoms with van der Waals surface area (Å²) in [4.78, 5) is 18.8. The fourth-order valence-corrected chi connectivity index (χ4v) is 2.92. The molecule has 1 aromatic heterocycles. The van der Waals surface area contributed by atoms with Crippen LogP contribution in [0.1, 0.15) is 11.4 Å².